The third-order valence-corrected chi connectivity index (χ3v) is 8.82. The highest BCUT2D eigenvalue weighted by molar-refractivity contribution is 7.91. The highest BCUT2D eigenvalue weighted by Crippen LogP contribution is 2.28. The molecule has 0 spiro atoms. The number of hydrogen-bond acceptors (Lipinski definition) is 9. The molecule has 0 amide bonds. The lowest BCUT2D eigenvalue weighted by atomic mass is 10.3. The first-order valence-electron chi connectivity index (χ1n) is 14.6. The van der Waals surface area contributed by atoms with E-state index in [-0.39, 0.29) is 0 Å². The molecular weight excluding hydrogens is 552 g/mol. The number of anilines is 1. The molecule has 2 aliphatic heterocycles. The number of likely N-dealkylation sites (N-methyl/N-ethyl adjacent to an activating group) is 1. The second kappa shape index (κ2) is 15.6. The van der Waals surface area contributed by atoms with Crippen LogP contribution in [0.1, 0.15) is 45.3 Å². The van der Waals surface area contributed by atoms with Gasteiger partial charge in [-0.25, -0.2) is 18.4 Å². The molecule has 42 heavy (non-hydrogen) atoms. The first-order valence-corrected chi connectivity index (χ1v) is 16.4. The zero-order chi connectivity index (χ0) is 30.7. The second-order valence-electron chi connectivity index (χ2n) is 9.62. The smallest absolute Gasteiger partial charge is 0.239 e. The standard InChI is InChI=1S/C22H28N8O.C4H8O2S.C2H6.C2H2/c1-4-17-24-15-7-5-6-8-16(15)30(17)22-26-20-19(25-18(28(20)3)9-10-23-2)21(27-22)29-11-13-31-14-12-29;5-7(6)3-1-2-4-7;2*1-2/h5-8,23H,4,9-14H2,1-3H3;1-4H2;1-2H3;1-2H. The van der Waals surface area contributed by atoms with Gasteiger partial charge in [0.1, 0.15) is 21.5 Å². The van der Waals surface area contributed by atoms with Crippen molar-refractivity contribution in [1.82, 2.24) is 34.4 Å². The fourth-order valence-electron chi connectivity index (χ4n) is 4.92. The Bertz CT molecular complexity index is 1560. The van der Waals surface area contributed by atoms with Gasteiger partial charge in [-0.3, -0.25) is 4.57 Å². The number of nitrogens with one attached hydrogen (secondary N) is 1. The van der Waals surface area contributed by atoms with E-state index >= 15 is 0 Å². The number of aromatic nitrogens is 6. The maximum Gasteiger partial charge on any atom is 0.239 e. The van der Waals surface area contributed by atoms with Crippen molar-refractivity contribution in [3.05, 3.63) is 35.9 Å². The van der Waals surface area contributed by atoms with Gasteiger partial charge in [0, 0.05) is 39.5 Å². The van der Waals surface area contributed by atoms with Gasteiger partial charge in [-0.05, 0) is 32.0 Å². The van der Waals surface area contributed by atoms with E-state index in [1.165, 1.54) is 0 Å². The molecule has 0 aliphatic carbocycles. The van der Waals surface area contributed by atoms with Crippen LogP contribution in [0.4, 0.5) is 5.82 Å². The average Bonchev–Trinajstić information content (AvgIpc) is 3.72. The molecule has 2 saturated heterocycles. The number of ether oxygens (including phenoxy) is 1. The van der Waals surface area contributed by atoms with Gasteiger partial charge in [0.25, 0.3) is 0 Å². The van der Waals surface area contributed by atoms with Gasteiger partial charge in [0.05, 0.1) is 35.8 Å². The molecule has 228 valence electrons. The normalized spacial score (nSPS) is 15.7. The summed E-state index contributed by atoms with van der Waals surface area (Å²) in [5.74, 6) is 4.31. The van der Waals surface area contributed by atoms with Crippen LogP contribution < -0.4 is 10.2 Å². The minimum atomic E-state index is -2.55. The molecule has 11 nitrogen and oxygen atoms in total. The predicted octanol–water partition coefficient (Wildman–Crippen LogP) is 3.33. The van der Waals surface area contributed by atoms with Crippen molar-refractivity contribution in [2.75, 3.05) is 56.3 Å². The number of fused-ring (bicyclic) bond motifs is 2. The lowest BCUT2D eigenvalue weighted by molar-refractivity contribution is 0.122. The van der Waals surface area contributed by atoms with Crippen molar-refractivity contribution in [2.24, 2.45) is 7.05 Å². The van der Waals surface area contributed by atoms with Gasteiger partial charge < -0.3 is 19.5 Å². The average molecular weight is 597 g/mol. The van der Waals surface area contributed by atoms with Gasteiger partial charge in [0.2, 0.25) is 5.95 Å². The highest BCUT2D eigenvalue weighted by atomic mass is 32.2. The maximum absolute atomic E-state index is 10.4. The molecule has 12 heteroatoms. The lowest BCUT2D eigenvalue weighted by Gasteiger charge is -2.28. The molecule has 1 aromatic carbocycles. The molecule has 4 aromatic rings. The maximum atomic E-state index is 10.4. The first-order chi connectivity index (χ1) is 20.4. The minimum Gasteiger partial charge on any atom is -0.378 e. The van der Waals surface area contributed by atoms with Crippen LogP contribution in [0.25, 0.3) is 28.1 Å². The van der Waals surface area contributed by atoms with Crippen molar-refractivity contribution < 1.29 is 13.2 Å². The van der Waals surface area contributed by atoms with Crippen LogP contribution >= 0.6 is 0 Å². The summed E-state index contributed by atoms with van der Waals surface area (Å²) >= 11 is 0. The van der Waals surface area contributed by atoms with Crippen LogP contribution in [0, 0.1) is 12.8 Å². The number of aryl methyl sites for hydroxylation is 2. The fraction of sp³-hybridized carbons (Fsp3) is 0.533. The van der Waals surface area contributed by atoms with Crippen LogP contribution in [0.15, 0.2) is 24.3 Å². The number of para-hydroxylation sites is 2. The van der Waals surface area contributed by atoms with Crippen LogP contribution in [0.2, 0.25) is 0 Å². The van der Waals surface area contributed by atoms with Gasteiger partial charge in [-0.15, -0.1) is 12.8 Å². The summed E-state index contributed by atoms with van der Waals surface area (Å²) in [4.78, 5) is 22.1. The molecule has 0 atom stereocenters. The highest BCUT2D eigenvalue weighted by Gasteiger charge is 2.24. The molecule has 2 aliphatic rings. The number of morpholine rings is 1. The number of sulfone groups is 1. The number of terminal acetylenes is 1. The minimum absolute atomic E-state index is 0.424. The largest absolute Gasteiger partial charge is 0.378 e. The van der Waals surface area contributed by atoms with E-state index in [0.29, 0.717) is 30.7 Å². The topological polar surface area (TPSA) is 120 Å². The third-order valence-electron chi connectivity index (χ3n) is 7.00. The summed E-state index contributed by atoms with van der Waals surface area (Å²) in [5.41, 5.74) is 3.67. The van der Waals surface area contributed by atoms with Gasteiger partial charge in [-0.1, -0.05) is 32.9 Å². The van der Waals surface area contributed by atoms with Crippen molar-refractivity contribution in [2.45, 2.75) is 46.5 Å². The molecule has 2 fully saturated rings. The molecule has 6 rings (SSSR count). The Hall–Kier alpha value is -3.53. The van der Waals surface area contributed by atoms with Crippen molar-refractivity contribution in [3.8, 4) is 18.8 Å². The van der Waals surface area contributed by atoms with Crippen molar-refractivity contribution >= 4 is 37.9 Å². The van der Waals surface area contributed by atoms with E-state index < -0.39 is 9.84 Å². The van der Waals surface area contributed by atoms with Crippen LogP contribution in [-0.4, -0.2) is 88.9 Å². The summed E-state index contributed by atoms with van der Waals surface area (Å²) in [6.07, 6.45) is 11.4. The Morgan fingerprint density at radius 3 is 2.24 bits per heavy atom. The molecule has 3 aromatic heterocycles. The molecule has 0 radical (unpaired) electrons. The van der Waals surface area contributed by atoms with E-state index in [1.54, 1.807) is 0 Å². The second-order valence-corrected chi connectivity index (χ2v) is 11.9. The zero-order valence-electron chi connectivity index (χ0n) is 25.5. The summed E-state index contributed by atoms with van der Waals surface area (Å²) in [5, 5.41) is 3.21. The zero-order valence-corrected chi connectivity index (χ0v) is 26.3. The van der Waals surface area contributed by atoms with Crippen molar-refractivity contribution in [1.29, 1.82) is 0 Å². The van der Waals surface area contributed by atoms with E-state index in [1.807, 2.05) is 46.1 Å². The van der Waals surface area contributed by atoms with Crippen LogP contribution in [-0.2, 0) is 34.5 Å². The monoisotopic (exact) mass is 596 g/mol. The van der Waals surface area contributed by atoms with E-state index in [9.17, 15) is 8.42 Å². The summed E-state index contributed by atoms with van der Waals surface area (Å²) in [7, 11) is 1.44. The molecule has 5 heterocycles. The van der Waals surface area contributed by atoms with E-state index in [2.05, 4.69) is 45.2 Å². The summed E-state index contributed by atoms with van der Waals surface area (Å²) in [6, 6.07) is 8.15. The van der Waals surface area contributed by atoms with Crippen LogP contribution in [0.3, 0.4) is 0 Å². The third kappa shape index (κ3) is 7.45. The van der Waals surface area contributed by atoms with E-state index in [0.717, 1.165) is 85.0 Å². The number of hydrogen-bond donors (Lipinski definition) is 1. The molecule has 0 unspecified atom stereocenters. The first kappa shape index (κ1) is 33.0. The fourth-order valence-corrected chi connectivity index (χ4v) is 6.41. The number of rotatable bonds is 6. The van der Waals surface area contributed by atoms with Crippen molar-refractivity contribution in [3.63, 3.8) is 0 Å². The lowest BCUT2D eigenvalue weighted by Crippen LogP contribution is -2.37. The Kier molecular flexibility index (Phi) is 12.3. The summed E-state index contributed by atoms with van der Waals surface area (Å²) < 4.78 is 30.6. The van der Waals surface area contributed by atoms with Gasteiger partial charge in [-0.2, -0.15) is 9.97 Å². The number of nitrogens with zero attached hydrogens (tertiary/aromatic N) is 7. The van der Waals surface area contributed by atoms with Gasteiger partial charge >= 0.3 is 0 Å². The number of benzene rings is 1. The molecule has 0 bridgehead atoms. The number of imidazole rings is 2. The predicted molar refractivity (Wildman–Crippen MR) is 170 cm³/mol. The van der Waals surface area contributed by atoms with E-state index in [4.69, 9.17) is 24.7 Å². The Labute approximate surface area is 249 Å². The van der Waals surface area contributed by atoms with Gasteiger partial charge in [0.15, 0.2) is 17.0 Å². The molecule has 0 saturated carbocycles. The Morgan fingerprint density at radius 2 is 1.64 bits per heavy atom. The molecular formula is C30H44N8O3S. The summed E-state index contributed by atoms with van der Waals surface area (Å²) in [6.45, 7) is 9.93. The SMILES string of the molecule is C#C.CC.CCc1nc2ccccc2n1-c1nc(N2CCOCC2)c2nc(CCNC)n(C)c2n1.O=S1(=O)CCCC1. The molecule has 1 N–H and O–H groups in total. The quantitative estimate of drug-likeness (QED) is 0.334. The van der Waals surface area contributed by atoms with Crippen LogP contribution in [0.5, 0.6) is 0 Å². The Balaban J connectivity index is 0.000000377. The Morgan fingerprint density at radius 1 is 0.976 bits per heavy atom.